The van der Waals surface area contributed by atoms with E-state index in [1.165, 1.54) is 0 Å². The Kier molecular flexibility index (Phi) is 7.11. The highest BCUT2D eigenvalue weighted by molar-refractivity contribution is 6.66. The van der Waals surface area contributed by atoms with Crippen molar-refractivity contribution in [1.82, 2.24) is 9.80 Å². The maximum atomic E-state index is 6.55. The van der Waals surface area contributed by atoms with Crippen LogP contribution in [-0.2, 0) is 26.6 Å². The molecule has 0 saturated carbocycles. The van der Waals surface area contributed by atoms with Crippen LogP contribution in [0.15, 0.2) is 0 Å². The molecule has 6 aliphatic rings. The van der Waals surface area contributed by atoms with Gasteiger partial charge in [-0.25, -0.2) is 0 Å². The molecule has 0 aliphatic carbocycles. The zero-order valence-electron chi connectivity index (χ0n) is 19.5. The molecule has 0 spiro atoms. The largest absolute Gasteiger partial charge is 0.501 e. The topological polar surface area (TPSA) is 61.9 Å². The lowest BCUT2D eigenvalue weighted by Gasteiger charge is -2.48. The minimum atomic E-state index is -2.90. The Morgan fingerprint density at radius 3 is 0.867 bits per heavy atom. The van der Waals surface area contributed by atoms with Crippen LogP contribution in [0.3, 0.4) is 0 Å². The minimum absolute atomic E-state index is 0.0820. The van der Waals surface area contributed by atoms with E-state index in [4.69, 9.17) is 26.6 Å². The van der Waals surface area contributed by atoms with Gasteiger partial charge in [-0.1, -0.05) is 0 Å². The molecule has 4 bridgehead atoms. The number of hydrogen-bond donors (Lipinski definition) is 0. The fraction of sp³-hybridized carbons (Fsp3) is 1.00. The minimum Gasteiger partial charge on any atom is -0.369 e. The fourth-order valence-corrected chi connectivity index (χ4v) is 13.1. The first-order valence-corrected chi connectivity index (χ1v) is 15.5. The Morgan fingerprint density at radius 2 is 0.667 bits per heavy atom. The van der Waals surface area contributed by atoms with Crippen LogP contribution in [0, 0.1) is 0 Å². The number of rotatable bonds is 3. The molecule has 174 valence electrons. The molecule has 0 aromatic carbocycles. The van der Waals surface area contributed by atoms with Crippen molar-refractivity contribution in [1.29, 1.82) is 0 Å². The van der Waals surface area contributed by atoms with Gasteiger partial charge in [0.1, 0.15) is 0 Å². The lowest BCUT2D eigenvalue weighted by Crippen LogP contribution is -2.64. The van der Waals surface area contributed by atoms with Gasteiger partial charge in [-0.2, -0.15) is 0 Å². The first-order chi connectivity index (χ1) is 14.1. The maximum absolute atomic E-state index is 6.55. The van der Waals surface area contributed by atoms with Crippen LogP contribution >= 0.6 is 0 Å². The van der Waals surface area contributed by atoms with E-state index in [1.807, 2.05) is 0 Å². The van der Waals surface area contributed by atoms with Gasteiger partial charge in [0, 0.05) is 51.4 Å². The molecule has 6 atom stereocenters. The Hall–Kier alpha value is 0.114. The summed E-state index contributed by atoms with van der Waals surface area (Å²) < 4.78 is 39.3. The van der Waals surface area contributed by atoms with Crippen LogP contribution in [0.1, 0.15) is 41.5 Å². The Morgan fingerprint density at radius 1 is 0.467 bits per heavy atom. The molecule has 10 heteroatoms. The van der Waals surface area contributed by atoms with E-state index >= 15 is 0 Å². The SMILES string of the molecule is C[C@@H]1CN2C[C@@H](C)O[Si](CC[Si]34O[C@H](C)CN(C[C@@H](C)O3)C[C@H](C)O4)(O1)O[C@H](C)C2. The molecule has 0 amide bonds. The number of fused-ring (bicyclic) bond motifs is 12. The summed E-state index contributed by atoms with van der Waals surface area (Å²) in [6, 6.07) is 1.35. The average molecular weight is 461 g/mol. The van der Waals surface area contributed by atoms with Crippen molar-refractivity contribution in [3.05, 3.63) is 0 Å². The highest BCUT2D eigenvalue weighted by Gasteiger charge is 2.55. The van der Waals surface area contributed by atoms with Crippen molar-refractivity contribution >= 4 is 17.6 Å². The Labute approximate surface area is 183 Å². The summed E-state index contributed by atoms with van der Waals surface area (Å²) in [5.74, 6) is 0. The molecule has 6 saturated heterocycles. The zero-order chi connectivity index (χ0) is 21.5. The number of nitrogens with zero attached hydrogens (tertiary/aromatic N) is 2. The van der Waals surface area contributed by atoms with Gasteiger partial charge in [-0.3, -0.25) is 9.80 Å². The maximum Gasteiger partial charge on any atom is 0.501 e. The van der Waals surface area contributed by atoms with Crippen LogP contribution in [0.5, 0.6) is 0 Å². The van der Waals surface area contributed by atoms with E-state index in [2.05, 4.69) is 51.3 Å². The monoisotopic (exact) mass is 460 g/mol. The quantitative estimate of drug-likeness (QED) is 0.593. The van der Waals surface area contributed by atoms with Gasteiger partial charge in [0.25, 0.3) is 0 Å². The molecule has 0 radical (unpaired) electrons. The third-order valence-electron chi connectivity index (χ3n) is 6.11. The van der Waals surface area contributed by atoms with Crippen molar-refractivity contribution in [3.8, 4) is 0 Å². The van der Waals surface area contributed by atoms with Crippen LogP contribution in [0.4, 0.5) is 0 Å². The van der Waals surface area contributed by atoms with Crippen LogP contribution in [0.2, 0.25) is 12.1 Å². The molecule has 0 N–H and O–H groups in total. The molecule has 30 heavy (non-hydrogen) atoms. The van der Waals surface area contributed by atoms with E-state index in [1.54, 1.807) is 0 Å². The van der Waals surface area contributed by atoms with E-state index in [9.17, 15) is 0 Å². The van der Waals surface area contributed by atoms with Crippen molar-refractivity contribution in [2.75, 3.05) is 39.3 Å². The van der Waals surface area contributed by atoms with E-state index in [-0.39, 0.29) is 36.6 Å². The molecule has 0 aromatic heterocycles. The fourth-order valence-electron chi connectivity index (χ4n) is 5.52. The molecule has 6 aliphatic heterocycles. The number of hydrogen-bond acceptors (Lipinski definition) is 8. The summed E-state index contributed by atoms with van der Waals surface area (Å²) in [7, 11) is -5.80. The van der Waals surface area contributed by atoms with Crippen LogP contribution < -0.4 is 0 Å². The summed E-state index contributed by atoms with van der Waals surface area (Å²) >= 11 is 0. The van der Waals surface area contributed by atoms with Crippen molar-refractivity contribution < 1.29 is 26.6 Å². The van der Waals surface area contributed by atoms with Gasteiger partial charge in [-0.15, -0.1) is 0 Å². The van der Waals surface area contributed by atoms with Gasteiger partial charge < -0.3 is 26.6 Å². The smallest absolute Gasteiger partial charge is 0.369 e. The second kappa shape index (κ2) is 9.16. The van der Waals surface area contributed by atoms with E-state index < -0.39 is 17.6 Å². The predicted molar refractivity (Wildman–Crippen MR) is 117 cm³/mol. The van der Waals surface area contributed by atoms with Gasteiger partial charge in [0.05, 0.1) is 36.6 Å². The molecule has 0 aromatic rings. The summed E-state index contributed by atoms with van der Waals surface area (Å²) in [6.07, 6.45) is 0.492. The Bertz CT molecular complexity index is 480. The average Bonchev–Trinajstić information content (AvgIpc) is 2.53. The zero-order valence-corrected chi connectivity index (χ0v) is 21.5. The summed E-state index contributed by atoms with van der Waals surface area (Å²) in [5.41, 5.74) is 0. The normalized spacial score (nSPS) is 52.6. The van der Waals surface area contributed by atoms with Crippen LogP contribution in [-0.4, -0.2) is 103 Å². The van der Waals surface area contributed by atoms with Gasteiger partial charge >= 0.3 is 17.6 Å². The molecular weight excluding hydrogens is 420 g/mol. The van der Waals surface area contributed by atoms with Gasteiger partial charge in [0.2, 0.25) is 0 Å². The molecule has 6 heterocycles. The third kappa shape index (κ3) is 5.53. The molecule has 6 fully saturated rings. The highest BCUT2D eigenvalue weighted by atomic mass is 28.4. The summed E-state index contributed by atoms with van der Waals surface area (Å²) in [5, 5.41) is 0. The standard InChI is InChI=1S/C20H40N2O6Si2/c1-15-9-21-10-16(2)24-29(23-15,25-17(3)11-21)7-8-30-26-18(4)12-22(13-19(5)27-30)14-20(6)28-30/h15-20H,7-14H2,1-6H3/t15-,16-,17-,18-,19-,20+/m1/s1. The molecule has 8 nitrogen and oxygen atoms in total. The predicted octanol–water partition coefficient (Wildman–Crippen LogP) is 1.95. The lowest BCUT2D eigenvalue weighted by atomic mass is 10.2. The summed E-state index contributed by atoms with van der Waals surface area (Å²) in [6.45, 7) is 18.3. The van der Waals surface area contributed by atoms with Crippen molar-refractivity contribution in [3.63, 3.8) is 0 Å². The summed E-state index contributed by atoms with van der Waals surface area (Å²) in [4.78, 5) is 4.78. The first-order valence-electron chi connectivity index (χ1n) is 11.7. The molecule has 0 unspecified atom stereocenters. The van der Waals surface area contributed by atoms with Crippen molar-refractivity contribution in [2.45, 2.75) is 90.3 Å². The van der Waals surface area contributed by atoms with Gasteiger partial charge in [0.15, 0.2) is 0 Å². The highest BCUT2D eigenvalue weighted by Crippen LogP contribution is 2.35. The molecule has 6 rings (SSSR count). The first kappa shape index (κ1) is 23.3. The van der Waals surface area contributed by atoms with Gasteiger partial charge in [-0.05, 0) is 41.5 Å². The van der Waals surface area contributed by atoms with Crippen molar-refractivity contribution in [2.24, 2.45) is 0 Å². The second-order valence-corrected chi connectivity index (χ2v) is 15.0. The van der Waals surface area contributed by atoms with E-state index in [0.29, 0.717) is 12.1 Å². The third-order valence-corrected chi connectivity index (χ3v) is 12.9. The second-order valence-electron chi connectivity index (χ2n) is 9.87. The Balaban J connectivity index is 1.57. The van der Waals surface area contributed by atoms with Crippen LogP contribution in [0.25, 0.3) is 0 Å². The lowest BCUT2D eigenvalue weighted by molar-refractivity contribution is -0.0867. The van der Waals surface area contributed by atoms with E-state index in [0.717, 1.165) is 39.3 Å². The molecular formula is C20H40N2O6Si2.